The van der Waals surface area contributed by atoms with E-state index in [0.717, 1.165) is 56.1 Å². The highest BCUT2D eigenvalue weighted by molar-refractivity contribution is 5.91. The third kappa shape index (κ3) is 4.55. The second kappa shape index (κ2) is 9.90. The lowest BCUT2D eigenvalue weighted by Crippen LogP contribution is -2.59. The van der Waals surface area contributed by atoms with Crippen molar-refractivity contribution in [3.63, 3.8) is 0 Å². The Labute approximate surface area is 185 Å². The van der Waals surface area contributed by atoms with Gasteiger partial charge in [-0.05, 0) is 30.2 Å². The normalized spacial score (nSPS) is 15.5. The van der Waals surface area contributed by atoms with Crippen LogP contribution < -0.4 is 5.32 Å². The molecule has 4 heteroatoms. The van der Waals surface area contributed by atoms with Crippen LogP contribution in [0.25, 0.3) is 0 Å². The van der Waals surface area contributed by atoms with Crippen molar-refractivity contribution < 1.29 is 4.79 Å². The Hall–Kier alpha value is -2.95. The van der Waals surface area contributed by atoms with Crippen LogP contribution in [0.3, 0.4) is 0 Å². The van der Waals surface area contributed by atoms with Crippen molar-refractivity contribution in [3.05, 3.63) is 102 Å². The first-order valence-corrected chi connectivity index (χ1v) is 11.1. The molecule has 1 heterocycles. The molecule has 4 nitrogen and oxygen atoms in total. The van der Waals surface area contributed by atoms with Gasteiger partial charge in [0, 0.05) is 45.0 Å². The van der Waals surface area contributed by atoms with E-state index in [0.29, 0.717) is 0 Å². The summed E-state index contributed by atoms with van der Waals surface area (Å²) < 4.78 is 0. The molecule has 160 valence electrons. The van der Waals surface area contributed by atoms with Crippen molar-refractivity contribution in [1.29, 1.82) is 0 Å². The van der Waals surface area contributed by atoms with Gasteiger partial charge in [0.25, 0.3) is 0 Å². The Morgan fingerprint density at radius 1 is 0.774 bits per heavy atom. The molecule has 0 aromatic heterocycles. The van der Waals surface area contributed by atoms with Crippen molar-refractivity contribution >= 4 is 11.5 Å². The van der Waals surface area contributed by atoms with Crippen LogP contribution >= 0.6 is 0 Å². The van der Waals surface area contributed by atoms with E-state index < -0.39 is 5.54 Å². The third-order valence-corrected chi connectivity index (χ3v) is 6.27. The number of hydrogen-bond donors (Lipinski definition) is 1. The van der Waals surface area contributed by atoms with Crippen LogP contribution in [-0.4, -0.2) is 54.9 Å². The summed E-state index contributed by atoms with van der Waals surface area (Å²) in [5, 5.41) is 3.49. The number of rotatable bonds is 8. The first kappa shape index (κ1) is 21.3. The van der Waals surface area contributed by atoms with E-state index in [2.05, 4.69) is 63.6 Å². The van der Waals surface area contributed by atoms with Gasteiger partial charge in [-0.25, -0.2) is 0 Å². The largest absolute Gasteiger partial charge is 0.384 e. The second-order valence-electron chi connectivity index (χ2n) is 8.12. The Morgan fingerprint density at radius 2 is 1.26 bits per heavy atom. The van der Waals surface area contributed by atoms with Crippen LogP contribution in [0.2, 0.25) is 0 Å². The zero-order valence-corrected chi connectivity index (χ0v) is 18.2. The molecule has 0 aliphatic carbocycles. The van der Waals surface area contributed by atoms with Gasteiger partial charge in [-0.15, -0.1) is 0 Å². The summed E-state index contributed by atoms with van der Waals surface area (Å²) in [5.74, 6) is 0.170. The van der Waals surface area contributed by atoms with E-state index in [1.54, 1.807) is 6.92 Å². The maximum absolute atomic E-state index is 13.3. The lowest BCUT2D eigenvalue weighted by Gasteiger charge is -2.47. The minimum absolute atomic E-state index is 0.170. The number of para-hydroxylation sites is 1. The minimum Gasteiger partial charge on any atom is -0.384 e. The molecule has 3 aromatic carbocycles. The quantitative estimate of drug-likeness (QED) is 0.599. The van der Waals surface area contributed by atoms with Crippen LogP contribution in [0.15, 0.2) is 91.0 Å². The topological polar surface area (TPSA) is 35.6 Å². The van der Waals surface area contributed by atoms with Crippen molar-refractivity contribution in [2.75, 3.05) is 44.6 Å². The Kier molecular flexibility index (Phi) is 6.80. The molecule has 31 heavy (non-hydrogen) atoms. The van der Waals surface area contributed by atoms with E-state index in [-0.39, 0.29) is 5.78 Å². The summed E-state index contributed by atoms with van der Waals surface area (Å²) in [4.78, 5) is 18.2. The average molecular weight is 414 g/mol. The van der Waals surface area contributed by atoms with E-state index >= 15 is 0 Å². The number of Topliss-reactive ketones (excluding diaryl/α,β-unsaturated/α-hetero) is 1. The maximum Gasteiger partial charge on any atom is 0.159 e. The van der Waals surface area contributed by atoms with Crippen LogP contribution in [0.1, 0.15) is 18.1 Å². The first-order chi connectivity index (χ1) is 15.2. The molecular formula is C27H31N3O. The zero-order valence-electron chi connectivity index (χ0n) is 18.2. The molecule has 1 aliphatic rings. The lowest BCUT2D eigenvalue weighted by molar-refractivity contribution is -0.128. The van der Waals surface area contributed by atoms with Crippen LogP contribution in [0, 0.1) is 0 Å². The fourth-order valence-corrected chi connectivity index (χ4v) is 4.74. The van der Waals surface area contributed by atoms with E-state index in [1.165, 1.54) is 0 Å². The van der Waals surface area contributed by atoms with Crippen molar-refractivity contribution in [2.24, 2.45) is 0 Å². The molecule has 0 saturated carbocycles. The predicted octanol–water partition coefficient (Wildman–Crippen LogP) is 4.25. The van der Waals surface area contributed by atoms with Gasteiger partial charge in [-0.2, -0.15) is 0 Å². The fraction of sp³-hybridized carbons (Fsp3) is 0.296. The number of hydrogen-bond acceptors (Lipinski definition) is 4. The van der Waals surface area contributed by atoms with Gasteiger partial charge in [0.1, 0.15) is 5.54 Å². The molecule has 0 amide bonds. The molecule has 4 rings (SSSR count). The SMILES string of the molecule is CC(=O)C(c1ccccc1)(c1ccccc1)N1CCN(CCNc2ccccc2)CC1. The highest BCUT2D eigenvalue weighted by Crippen LogP contribution is 2.37. The molecular weight excluding hydrogens is 382 g/mol. The highest BCUT2D eigenvalue weighted by atomic mass is 16.1. The second-order valence-corrected chi connectivity index (χ2v) is 8.12. The summed E-state index contributed by atoms with van der Waals surface area (Å²) >= 11 is 0. The molecule has 0 bridgehead atoms. The van der Waals surface area contributed by atoms with Gasteiger partial charge in [0.2, 0.25) is 0 Å². The number of nitrogens with zero attached hydrogens (tertiary/aromatic N) is 2. The summed E-state index contributed by atoms with van der Waals surface area (Å²) in [7, 11) is 0. The molecule has 1 aliphatic heterocycles. The number of carbonyl (C=O) groups is 1. The van der Waals surface area contributed by atoms with Crippen LogP contribution in [0.5, 0.6) is 0 Å². The summed E-state index contributed by atoms with van der Waals surface area (Å²) in [6.07, 6.45) is 0. The Morgan fingerprint density at radius 3 is 1.74 bits per heavy atom. The Balaban J connectivity index is 1.50. The predicted molar refractivity (Wildman–Crippen MR) is 127 cm³/mol. The van der Waals surface area contributed by atoms with Gasteiger partial charge in [0.05, 0.1) is 0 Å². The molecule has 0 unspecified atom stereocenters. The minimum atomic E-state index is -0.739. The van der Waals surface area contributed by atoms with E-state index in [1.807, 2.05) is 42.5 Å². The molecule has 0 radical (unpaired) electrons. The number of nitrogens with one attached hydrogen (secondary N) is 1. The molecule has 0 spiro atoms. The molecule has 0 atom stereocenters. The highest BCUT2D eigenvalue weighted by Gasteiger charge is 2.45. The van der Waals surface area contributed by atoms with Gasteiger partial charge in [0.15, 0.2) is 5.78 Å². The van der Waals surface area contributed by atoms with Gasteiger partial charge in [-0.1, -0.05) is 78.9 Å². The fourth-order valence-electron chi connectivity index (χ4n) is 4.74. The standard InChI is InChI=1S/C27H31N3O/c1-23(31)27(24-11-5-2-6-12-24,25-13-7-3-8-14-25)30-21-19-29(20-22-30)18-17-28-26-15-9-4-10-16-26/h2-16,28H,17-22H2,1H3. The number of benzene rings is 3. The van der Waals surface area contributed by atoms with E-state index in [9.17, 15) is 4.79 Å². The smallest absolute Gasteiger partial charge is 0.159 e. The number of ketones is 1. The third-order valence-electron chi connectivity index (χ3n) is 6.27. The number of piperazine rings is 1. The van der Waals surface area contributed by atoms with Gasteiger partial charge < -0.3 is 5.32 Å². The summed E-state index contributed by atoms with van der Waals surface area (Å²) in [6, 6.07) is 30.8. The molecule has 1 N–H and O–H groups in total. The van der Waals surface area contributed by atoms with Crippen LogP contribution in [0.4, 0.5) is 5.69 Å². The van der Waals surface area contributed by atoms with E-state index in [4.69, 9.17) is 0 Å². The summed E-state index contributed by atoms with van der Waals surface area (Å²) in [5.41, 5.74) is 2.52. The average Bonchev–Trinajstić information content (AvgIpc) is 2.82. The summed E-state index contributed by atoms with van der Waals surface area (Å²) in [6.45, 7) is 7.25. The number of carbonyl (C=O) groups excluding carboxylic acids is 1. The van der Waals surface area contributed by atoms with Crippen LogP contribution in [-0.2, 0) is 10.3 Å². The molecule has 1 fully saturated rings. The lowest BCUT2D eigenvalue weighted by atomic mass is 9.77. The van der Waals surface area contributed by atoms with Crippen molar-refractivity contribution in [2.45, 2.75) is 12.5 Å². The van der Waals surface area contributed by atoms with Crippen molar-refractivity contribution in [3.8, 4) is 0 Å². The molecule has 3 aromatic rings. The monoisotopic (exact) mass is 413 g/mol. The first-order valence-electron chi connectivity index (χ1n) is 11.1. The Bertz CT molecular complexity index is 912. The maximum atomic E-state index is 13.3. The molecule has 1 saturated heterocycles. The van der Waals surface area contributed by atoms with Crippen molar-refractivity contribution in [1.82, 2.24) is 9.80 Å². The zero-order chi connectivity index (χ0) is 21.5. The van der Waals surface area contributed by atoms with Gasteiger partial charge in [-0.3, -0.25) is 14.6 Å². The van der Waals surface area contributed by atoms with Gasteiger partial charge >= 0.3 is 0 Å². The number of anilines is 1.